The summed E-state index contributed by atoms with van der Waals surface area (Å²) >= 11 is 0. The molecular formula is C16H21N5O3. The van der Waals surface area contributed by atoms with Crippen LogP contribution < -0.4 is 15.6 Å². The lowest BCUT2D eigenvalue weighted by molar-refractivity contribution is 0.0398. The Bertz CT molecular complexity index is 710. The number of aromatic amines is 1. The van der Waals surface area contributed by atoms with Crippen molar-refractivity contribution in [3.8, 4) is 17.0 Å². The summed E-state index contributed by atoms with van der Waals surface area (Å²) in [5.41, 5.74) is 0.713. The molecule has 24 heavy (non-hydrogen) atoms. The minimum absolute atomic E-state index is 0.274. The summed E-state index contributed by atoms with van der Waals surface area (Å²) in [6.07, 6.45) is 0. The third-order valence-electron chi connectivity index (χ3n) is 3.88. The van der Waals surface area contributed by atoms with Crippen LogP contribution in [0.25, 0.3) is 11.3 Å². The average Bonchev–Trinajstić information content (AvgIpc) is 2.63. The van der Waals surface area contributed by atoms with Crippen molar-refractivity contribution in [1.29, 1.82) is 0 Å². The molecule has 128 valence electrons. The van der Waals surface area contributed by atoms with Crippen LogP contribution in [-0.4, -0.2) is 66.6 Å². The highest BCUT2D eigenvalue weighted by atomic mass is 16.5. The molecule has 0 bridgehead atoms. The fraction of sp³-hybridized carbons (Fsp3) is 0.438. The highest BCUT2D eigenvalue weighted by Crippen LogP contribution is 2.17. The standard InChI is InChI=1S/C16H21N5O3/c1-23-13-4-2-12(3-5-13)14-15(22)18-16(20-19-14)17-6-7-21-8-10-24-11-9-21/h2-5H,6-11H2,1H3,(H2,17,18,20,22). The van der Waals surface area contributed by atoms with E-state index in [1.807, 2.05) is 0 Å². The number of H-pyrrole nitrogens is 1. The van der Waals surface area contributed by atoms with Crippen molar-refractivity contribution < 1.29 is 9.47 Å². The molecule has 0 radical (unpaired) electrons. The van der Waals surface area contributed by atoms with Crippen LogP contribution in [0.1, 0.15) is 0 Å². The molecule has 2 aromatic rings. The Hall–Kier alpha value is -2.45. The van der Waals surface area contributed by atoms with Gasteiger partial charge in [0.05, 0.1) is 20.3 Å². The molecule has 2 N–H and O–H groups in total. The van der Waals surface area contributed by atoms with Gasteiger partial charge < -0.3 is 14.8 Å². The Morgan fingerprint density at radius 3 is 2.67 bits per heavy atom. The average molecular weight is 331 g/mol. The first kappa shape index (κ1) is 16.4. The van der Waals surface area contributed by atoms with Gasteiger partial charge in [-0.1, -0.05) is 0 Å². The van der Waals surface area contributed by atoms with Gasteiger partial charge in [0.15, 0.2) is 5.69 Å². The fourth-order valence-corrected chi connectivity index (χ4v) is 2.51. The lowest BCUT2D eigenvalue weighted by Crippen LogP contribution is -2.39. The van der Waals surface area contributed by atoms with Gasteiger partial charge in [-0.2, -0.15) is 0 Å². The Morgan fingerprint density at radius 2 is 2.00 bits per heavy atom. The number of hydrogen-bond donors (Lipinski definition) is 2. The van der Waals surface area contributed by atoms with E-state index in [-0.39, 0.29) is 11.3 Å². The second-order valence-electron chi connectivity index (χ2n) is 5.46. The van der Waals surface area contributed by atoms with Gasteiger partial charge in [0.1, 0.15) is 5.75 Å². The van der Waals surface area contributed by atoms with E-state index in [1.165, 1.54) is 0 Å². The van der Waals surface area contributed by atoms with E-state index in [0.29, 0.717) is 18.1 Å². The number of anilines is 1. The number of morpholine rings is 1. The van der Waals surface area contributed by atoms with Gasteiger partial charge >= 0.3 is 0 Å². The van der Waals surface area contributed by atoms with Crippen molar-refractivity contribution in [2.24, 2.45) is 0 Å². The van der Waals surface area contributed by atoms with Crippen molar-refractivity contribution in [1.82, 2.24) is 20.1 Å². The van der Waals surface area contributed by atoms with Crippen molar-refractivity contribution in [2.75, 3.05) is 51.8 Å². The zero-order valence-corrected chi connectivity index (χ0v) is 13.6. The number of nitrogens with zero attached hydrogens (tertiary/aromatic N) is 3. The Labute approximate surface area is 139 Å². The van der Waals surface area contributed by atoms with Crippen LogP contribution >= 0.6 is 0 Å². The molecule has 0 atom stereocenters. The fourth-order valence-electron chi connectivity index (χ4n) is 2.51. The van der Waals surface area contributed by atoms with E-state index in [2.05, 4.69) is 25.4 Å². The second kappa shape index (κ2) is 7.89. The molecule has 0 aliphatic carbocycles. The molecule has 0 spiro atoms. The van der Waals surface area contributed by atoms with Crippen molar-refractivity contribution in [2.45, 2.75) is 0 Å². The monoisotopic (exact) mass is 331 g/mol. The summed E-state index contributed by atoms with van der Waals surface area (Å²) in [4.78, 5) is 17.2. The van der Waals surface area contributed by atoms with Crippen LogP contribution in [0, 0.1) is 0 Å². The van der Waals surface area contributed by atoms with Crippen LogP contribution in [-0.2, 0) is 4.74 Å². The summed E-state index contributed by atoms with van der Waals surface area (Å²) in [7, 11) is 1.60. The van der Waals surface area contributed by atoms with Crippen molar-refractivity contribution >= 4 is 5.95 Å². The minimum Gasteiger partial charge on any atom is -0.497 e. The predicted molar refractivity (Wildman–Crippen MR) is 90.4 cm³/mol. The van der Waals surface area contributed by atoms with Gasteiger partial charge in [-0.3, -0.25) is 14.7 Å². The number of aromatic nitrogens is 3. The molecule has 1 aliphatic rings. The molecule has 1 aliphatic heterocycles. The van der Waals surface area contributed by atoms with E-state index >= 15 is 0 Å². The quantitative estimate of drug-likeness (QED) is 0.800. The van der Waals surface area contributed by atoms with Crippen molar-refractivity contribution in [3.05, 3.63) is 34.6 Å². The largest absolute Gasteiger partial charge is 0.497 e. The first-order valence-corrected chi connectivity index (χ1v) is 7.91. The molecule has 8 nitrogen and oxygen atoms in total. The molecule has 0 unspecified atom stereocenters. The van der Waals surface area contributed by atoms with Crippen LogP contribution in [0.5, 0.6) is 5.75 Å². The highest BCUT2D eigenvalue weighted by Gasteiger charge is 2.10. The molecule has 1 aromatic heterocycles. The van der Waals surface area contributed by atoms with Crippen molar-refractivity contribution in [3.63, 3.8) is 0 Å². The SMILES string of the molecule is COc1ccc(-c2nnc(NCCN3CCOCC3)[nH]c2=O)cc1. The minimum atomic E-state index is -0.274. The van der Waals surface area contributed by atoms with Crippen LogP contribution in [0.3, 0.4) is 0 Å². The first-order chi connectivity index (χ1) is 11.8. The third-order valence-corrected chi connectivity index (χ3v) is 3.88. The number of hydrogen-bond acceptors (Lipinski definition) is 7. The maximum Gasteiger partial charge on any atom is 0.279 e. The highest BCUT2D eigenvalue weighted by molar-refractivity contribution is 5.58. The number of rotatable bonds is 6. The number of ether oxygens (including phenoxy) is 2. The molecule has 1 aromatic carbocycles. The van der Waals surface area contributed by atoms with Crippen LogP contribution in [0.4, 0.5) is 5.95 Å². The van der Waals surface area contributed by atoms with E-state index in [9.17, 15) is 4.79 Å². The van der Waals surface area contributed by atoms with Gasteiger partial charge in [-0.15, -0.1) is 10.2 Å². The van der Waals surface area contributed by atoms with Crippen LogP contribution in [0.15, 0.2) is 29.1 Å². The maximum absolute atomic E-state index is 12.2. The predicted octanol–water partition coefficient (Wildman–Crippen LogP) is 0.585. The van der Waals surface area contributed by atoms with Gasteiger partial charge in [0.2, 0.25) is 5.95 Å². The Morgan fingerprint density at radius 1 is 1.25 bits per heavy atom. The molecule has 2 heterocycles. The summed E-state index contributed by atoms with van der Waals surface area (Å²) in [6, 6.07) is 7.13. The molecule has 1 saturated heterocycles. The van der Waals surface area contributed by atoms with E-state index in [0.717, 1.165) is 38.6 Å². The smallest absolute Gasteiger partial charge is 0.279 e. The molecule has 1 fully saturated rings. The lowest BCUT2D eigenvalue weighted by atomic mass is 10.1. The van der Waals surface area contributed by atoms with E-state index < -0.39 is 0 Å². The summed E-state index contributed by atoms with van der Waals surface area (Å²) in [6.45, 7) is 4.96. The summed E-state index contributed by atoms with van der Waals surface area (Å²) in [5, 5.41) is 11.2. The molecular weight excluding hydrogens is 310 g/mol. The molecule has 0 saturated carbocycles. The normalized spacial score (nSPS) is 15.2. The summed E-state index contributed by atoms with van der Waals surface area (Å²) in [5.74, 6) is 1.11. The third kappa shape index (κ3) is 4.09. The first-order valence-electron chi connectivity index (χ1n) is 7.91. The number of methoxy groups -OCH3 is 1. The van der Waals surface area contributed by atoms with Gasteiger partial charge in [0, 0.05) is 31.7 Å². The van der Waals surface area contributed by atoms with Crippen LogP contribution in [0.2, 0.25) is 0 Å². The zero-order chi connectivity index (χ0) is 16.8. The number of nitrogens with one attached hydrogen (secondary N) is 2. The van der Waals surface area contributed by atoms with Gasteiger partial charge in [-0.25, -0.2) is 0 Å². The Balaban J connectivity index is 1.60. The topological polar surface area (TPSA) is 92.4 Å². The van der Waals surface area contributed by atoms with Gasteiger partial charge in [-0.05, 0) is 24.3 Å². The Kier molecular flexibility index (Phi) is 5.39. The van der Waals surface area contributed by atoms with E-state index in [1.54, 1.807) is 31.4 Å². The summed E-state index contributed by atoms with van der Waals surface area (Å²) < 4.78 is 10.4. The van der Waals surface area contributed by atoms with Gasteiger partial charge in [0.25, 0.3) is 5.56 Å². The molecule has 3 rings (SSSR count). The van der Waals surface area contributed by atoms with E-state index in [4.69, 9.17) is 9.47 Å². The second-order valence-corrected chi connectivity index (χ2v) is 5.46. The lowest BCUT2D eigenvalue weighted by Gasteiger charge is -2.26. The number of benzene rings is 1. The molecule has 0 amide bonds. The zero-order valence-electron chi connectivity index (χ0n) is 13.6. The molecule has 8 heteroatoms. The maximum atomic E-state index is 12.2.